The van der Waals surface area contributed by atoms with Gasteiger partial charge in [0.2, 0.25) is 11.8 Å². The molecular formula is C42H50INO9Si. The predicted molar refractivity (Wildman–Crippen MR) is 218 cm³/mol. The third-order valence-electron chi connectivity index (χ3n) is 10.8. The predicted octanol–water partition coefficient (Wildman–Crippen LogP) is 6.19. The molecule has 2 aliphatic rings. The summed E-state index contributed by atoms with van der Waals surface area (Å²) in [6.45, 7) is 8.03. The van der Waals surface area contributed by atoms with Crippen LogP contribution in [0, 0.1) is 21.3 Å². The zero-order chi connectivity index (χ0) is 39.4. The highest BCUT2D eigenvalue weighted by Crippen LogP contribution is 2.47. The first-order valence-corrected chi connectivity index (χ1v) is 21.2. The van der Waals surface area contributed by atoms with Crippen LogP contribution in [-0.4, -0.2) is 80.0 Å². The maximum Gasteiger partial charge on any atom is 0.423 e. The van der Waals surface area contributed by atoms with Crippen LogP contribution in [0.4, 0.5) is 4.79 Å². The quantitative estimate of drug-likeness (QED) is 0.0794. The van der Waals surface area contributed by atoms with E-state index in [1.165, 1.54) is 7.11 Å². The van der Waals surface area contributed by atoms with E-state index >= 15 is 0 Å². The third kappa shape index (κ3) is 7.94. The van der Waals surface area contributed by atoms with Gasteiger partial charge in [-0.05, 0) is 92.5 Å². The molecule has 3 aromatic carbocycles. The molecule has 54 heavy (non-hydrogen) atoms. The van der Waals surface area contributed by atoms with Crippen molar-refractivity contribution in [3.63, 3.8) is 0 Å². The molecule has 0 aromatic heterocycles. The van der Waals surface area contributed by atoms with Gasteiger partial charge < -0.3 is 29.2 Å². The summed E-state index contributed by atoms with van der Waals surface area (Å²) in [6.07, 6.45) is 1.35. The number of aromatic hydroxyl groups is 1. The highest BCUT2D eigenvalue weighted by atomic mass is 127. The number of phenolic OH excluding ortho intramolecular Hbond substituents is 1. The van der Waals surface area contributed by atoms with Crippen LogP contribution in [0.1, 0.15) is 58.9 Å². The van der Waals surface area contributed by atoms with Crippen LogP contribution in [0.15, 0.2) is 89.5 Å². The number of rotatable bonds is 13. The van der Waals surface area contributed by atoms with Gasteiger partial charge in [0.1, 0.15) is 0 Å². The van der Waals surface area contributed by atoms with E-state index in [9.17, 15) is 29.7 Å². The molecule has 0 radical (unpaired) electrons. The van der Waals surface area contributed by atoms with Crippen molar-refractivity contribution in [3.8, 4) is 11.5 Å². The van der Waals surface area contributed by atoms with E-state index in [1.54, 1.807) is 6.07 Å². The number of halogens is 1. The summed E-state index contributed by atoms with van der Waals surface area (Å²) in [5.74, 6) is -3.89. The molecule has 1 heterocycles. The molecule has 3 N–H and O–H groups in total. The van der Waals surface area contributed by atoms with E-state index in [0.717, 1.165) is 28.6 Å². The molecule has 5 rings (SSSR count). The summed E-state index contributed by atoms with van der Waals surface area (Å²) in [5, 5.41) is 35.2. The number of ether oxygens (including phenoxy) is 2. The van der Waals surface area contributed by atoms with E-state index in [-0.39, 0.29) is 30.2 Å². The molecule has 1 saturated heterocycles. The highest BCUT2D eigenvalue weighted by Gasteiger charge is 2.58. The van der Waals surface area contributed by atoms with Crippen LogP contribution in [0.5, 0.6) is 11.5 Å². The Labute approximate surface area is 332 Å². The molecule has 0 spiro atoms. The number of allylic oxidation sites excluding steroid dienone is 1. The number of methoxy groups -OCH3 is 2. The van der Waals surface area contributed by atoms with E-state index in [4.69, 9.17) is 13.9 Å². The number of carbonyl (C=O) groups excluding carboxylic acids is 3. The number of aliphatic hydroxyl groups is 2. The van der Waals surface area contributed by atoms with Crippen molar-refractivity contribution in [2.45, 2.75) is 64.5 Å². The molecule has 0 saturated carbocycles. The van der Waals surface area contributed by atoms with Crippen molar-refractivity contribution >= 4 is 65.3 Å². The fourth-order valence-electron chi connectivity index (χ4n) is 8.22. The molecule has 12 heteroatoms. The molecule has 4 atom stereocenters. The highest BCUT2D eigenvalue weighted by molar-refractivity contribution is 14.1. The van der Waals surface area contributed by atoms with E-state index in [1.807, 2.05) is 55.5 Å². The minimum absolute atomic E-state index is 0.0430. The Morgan fingerprint density at radius 3 is 2.15 bits per heavy atom. The van der Waals surface area contributed by atoms with Crippen molar-refractivity contribution in [1.29, 1.82) is 0 Å². The molecule has 3 amide bonds. The number of nitrogens with zero attached hydrogens (tertiary/aromatic N) is 1. The van der Waals surface area contributed by atoms with Crippen molar-refractivity contribution in [2.24, 2.45) is 17.8 Å². The average Bonchev–Trinajstić information content (AvgIpc) is 3.42. The normalized spacial score (nSPS) is 19.9. The molecule has 0 bridgehead atoms. The second kappa shape index (κ2) is 17.3. The van der Waals surface area contributed by atoms with Gasteiger partial charge in [-0.15, -0.1) is 0 Å². The smallest absolute Gasteiger partial charge is 0.423 e. The van der Waals surface area contributed by atoms with E-state index in [2.05, 4.69) is 67.6 Å². The lowest BCUT2D eigenvalue weighted by atomic mass is 9.68. The number of likely N-dealkylation sites (tertiary alicyclic amines) is 1. The lowest BCUT2D eigenvalue weighted by Gasteiger charge is -2.44. The van der Waals surface area contributed by atoms with Gasteiger partial charge in [-0.1, -0.05) is 100 Å². The van der Waals surface area contributed by atoms with E-state index in [0.29, 0.717) is 38.2 Å². The topological polar surface area (TPSA) is 143 Å². The minimum Gasteiger partial charge on any atom is -0.504 e. The maximum atomic E-state index is 13.8. The fraction of sp³-hybridized carbons (Fsp3) is 0.405. The molecular weight excluding hydrogens is 817 g/mol. The first-order valence-electron chi connectivity index (χ1n) is 18.2. The van der Waals surface area contributed by atoms with Gasteiger partial charge in [-0.25, -0.2) is 4.79 Å². The number of hydrogen-bond acceptors (Lipinski definition) is 9. The number of phenols is 1. The van der Waals surface area contributed by atoms with Crippen molar-refractivity contribution in [1.82, 2.24) is 4.90 Å². The van der Waals surface area contributed by atoms with Crippen LogP contribution in [-0.2, 0) is 18.8 Å². The first-order chi connectivity index (χ1) is 25.7. The number of carbonyl (C=O) groups is 3. The SMILES string of the molecule is CC/C(=C\c1cc(I)c(O)c(OC)c1)CC[C@@H](O)C1=C(CO[Si](c2ccccc2)(c2ccccc2)C(C)(C)C)C[C@H]2C(=O)N(C(=O)OC)C(=O)[C@H]2[C@H]1CO. The molecule has 1 fully saturated rings. The Balaban J connectivity index is 1.58. The second-order valence-corrected chi connectivity index (χ2v) is 20.4. The first kappa shape index (κ1) is 41.3. The van der Waals surface area contributed by atoms with E-state index < -0.39 is 56.7 Å². The van der Waals surface area contributed by atoms with Crippen LogP contribution in [0.2, 0.25) is 5.04 Å². The minimum atomic E-state index is -3.09. The number of amides is 3. The summed E-state index contributed by atoms with van der Waals surface area (Å²) >= 11 is 2.05. The molecule has 10 nitrogen and oxygen atoms in total. The summed E-state index contributed by atoms with van der Waals surface area (Å²) in [5.41, 5.74) is 2.98. The Hall–Kier alpha value is -3.82. The van der Waals surface area contributed by atoms with Gasteiger partial charge in [0.25, 0.3) is 8.32 Å². The zero-order valence-electron chi connectivity index (χ0n) is 31.7. The number of imide groups is 3. The molecule has 288 valence electrons. The van der Waals surface area contributed by atoms with Gasteiger partial charge in [-0.2, -0.15) is 4.90 Å². The Morgan fingerprint density at radius 2 is 1.63 bits per heavy atom. The third-order valence-corrected chi connectivity index (χ3v) is 16.6. The number of benzene rings is 3. The molecule has 1 aliphatic heterocycles. The van der Waals surface area contributed by atoms with Gasteiger partial charge >= 0.3 is 6.09 Å². The summed E-state index contributed by atoms with van der Waals surface area (Å²) in [4.78, 5) is 40.7. The monoisotopic (exact) mass is 867 g/mol. The van der Waals surface area contributed by atoms with Gasteiger partial charge in [0, 0.05) is 5.92 Å². The largest absolute Gasteiger partial charge is 0.504 e. The molecule has 0 unspecified atom stereocenters. The summed E-state index contributed by atoms with van der Waals surface area (Å²) in [6, 6.07) is 23.8. The van der Waals surface area contributed by atoms with Crippen LogP contribution in [0.25, 0.3) is 6.08 Å². The Bertz CT molecular complexity index is 1870. The lowest BCUT2D eigenvalue weighted by Crippen LogP contribution is -2.66. The number of fused-ring (bicyclic) bond motifs is 1. The number of aliphatic hydroxyl groups excluding tert-OH is 2. The molecule has 3 aromatic rings. The molecule has 1 aliphatic carbocycles. The maximum absolute atomic E-state index is 13.8. The van der Waals surface area contributed by atoms with Crippen LogP contribution < -0.4 is 15.1 Å². The van der Waals surface area contributed by atoms with Crippen molar-refractivity contribution < 1.29 is 43.6 Å². The summed E-state index contributed by atoms with van der Waals surface area (Å²) in [7, 11) is -0.478. The lowest BCUT2D eigenvalue weighted by molar-refractivity contribution is -0.137. The summed E-state index contributed by atoms with van der Waals surface area (Å²) < 4.78 is 18.1. The Kier molecular flexibility index (Phi) is 13.3. The standard InChI is InChI=1S/C42H50INO9Si/c1-7-26(20-27-21-33(43)38(47)35(22-27)51-5)18-19-34(46)36-28(23-31-37(32(36)24-45)40(49)44(39(31)48)41(50)52-6)25-53-54(42(2,3)4,29-14-10-8-11-15-29)30-16-12-9-13-17-30/h8-17,20-22,31-32,34,37,45-47H,7,18-19,23-25H2,1-6H3/b26-20+/t31-,32+,34-,37-/m1/s1. The Morgan fingerprint density at radius 1 is 1.02 bits per heavy atom. The zero-order valence-corrected chi connectivity index (χ0v) is 34.8. The number of hydrogen-bond donors (Lipinski definition) is 3. The van der Waals surface area contributed by atoms with Gasteiger partial charge in [-0.3, -0.25) is 9.59 Å². The van der Waals surface area contributed by atoms with Crippen molar-refractivity contribution in [3.05, 3.63) is 98.6 Å². The van der Waals surface area contributed by atoms with Gasteiger partial charge in [0.15, 0.2) is 11.5 Å². The average molecular weight is 868 g/mol. The second-order valence-electron chi connectivity index (χ2n) is 14.9. The van der Waals surface area contributed by atoms with Crippen molar-refractivity contribution in [2.75, 3.05) is 27.4 Å². The van der Waals surface area contributed by atoms with Crippen LogP contribution >= 0.6 is 22.6 Å². The van der Waals surface area contributed by atoms with Gasteiger partial charge in [0.05, 0.1) is 48.9 Å². The van der Waals surface area contributed by atoms with Crippen LogP contribution in [0.3, 0.4) is 0 Å². The fourth-order valence-corrected chi connectivity index (χ4v) is 13.4.